The highest BCUT2D eigenvalue weighted by Gasteiger charge is 2.61. The molecule has 0 aliphatic carbocycles. The van der Waals surface area contributed by atoms with Gasteiger partial charge in [-0.15, -0.1) is 0 Å². The largest absolute Gasteiger partial charge is 0.419 e. The maximum Gasteiger partial charge on any atom is 0.419 e. The van der Waals surface area contributed by atoms with Crippen molar-refractivity contribution < 1.29 is 13.9 Å². The van der Waals surface area contributed by atoms with Gasteiger partial charge in [0.2, 0.25) is 5.91 Å². The number of benzene rings is 1. The summed E-state index contributed by atoms with van der Waals surface area (Å²) in [6.07, 6.45) is 1.37. The zero-order valence-electron chi connectivity index (χ0n) is 13.3. The number of rotatable bonds is 3. The van der Waals surface area contributed by atoms with Crippen LogP contribution in [0.3, 0.4) is 0 Å². The third kappa shape index (κ3) is 1.79. The van der Waals surface area contributed by atoms with Crippen molar-refractivity contribution in [1.82, 2.24) is 14.4 Å². The maximum atomic E-state index is 12.2. The Hall–Kier alpha value is -2.12. The first kappa shape index (κ1) is 14.2. The summed E-state index contributed by atoms with van der Waals surface area (Å²) < 4.78 is 13.0. The van der Waals surface area contributed by atoms with E-state index in [1.807, 2.05) is 23.1 Å². The van der Waals surface area contributed by atoms with E-state index in [1.165, 1.54) is 0 Å². The van der Waals surface area contributed by atoms with Crippen LogP contribution in [-0.2, 0) is 16.1 Å². The van der Waals surface area contributed by atoms with Gasteiger partial charge in [-0.1, -0.05) is 12.1 Å². The maximum absolute atomic E-state index is 12.2. The molecule has 126 valence electrons. The molecule has 0 radical (unpaired) electrons. The average Bonchev–Trinajstić information content (AvgIpc) is 3.28. The van der Waals surface area contributed by atoms with Gasteiger partial charge in [-0.2, -0.15) is 0 Å². The Morgan fingerprint density at radius 2 is 2.04 bits per heavy atom. The fourth-order valence-corrected chi connectivity index (χ4v) is 4.60. The topological polar surface area (TPSA) is 67.9 Å². The Labute approximate surface area is 138 Å². The lowest BCUT2D eigenvalue weighted by Crippen LogP contribution is -2.48. The molecule has 5 rings (SSSR count). The summed E-state index contributed by atoms with van der Waals surface area (Å²) in [4.78, 5) is 28.5. The molecule has 3 fully saturated rings. The van der Waals surface area contributed by atoms with Crippen LogP contribution < -0.4 is 5.76 Å². The van der Waals surface area contributed by atoms with Crippen molar-refractivity contribution in [1.29, 1.82) is 0 Å². The lowest BCUT2D eigenvalue weighted by atomic mass is 10.1. The number of para-hydroxylation sites is 2. The number of amides is 1. The Balaban J connectivity index is 1.39. The van der Waals surface area contributed by atoms with Crippen LogP contribution in [0.4, 0.5) is 0 Å². The standard InChI is InChI=1S/C17H19N3O4/c21-15-11-14-17(20(15)9-10-23-17)5-6-18(14)7-8-19-12-3-1-2-4-13(12)24-16(19)22/h1-4,14H,5-11H2/t14-,17+/m1/s1. The number of ether oxygens (including phenoxy) is 1. The van der Waals surface area contributed by atoms with Gasteiger partial charge >= 0.3 is 5.76 Å². The summed E-state index contributed by atoms with van der Waals surface area (Å²) in [5.41, 5.74) is 1.01. The van der Waals surface area contributed by atoms with E-state index in [0.29, 0.717) is 38.2 Å². The predicted molar refractivity (Wildman–Crippen MR) is 85.5 cm³/mol. The highest BCUT2D eigenvalue weighted by molar-refractivity contribution is 5.81. The van der Waals surface area contributed by atoms with Gasteiger partial charge in [0.1, 0.15) is 0 Å². The van der Waals surface area contributed by atoms with Gasteiger partial charge in [0.15, 0.2) is 11.3 Å². The van der Waals surface area contributed by atoms with E-state index in [0.717, 1.165) is 18.5 Å². The first-order valence-electron chi connectivity index (χ1n) is 8.46. The molecule has 2 atom stereocenters. The van der Waals surface area contributed by atoms with Crippen LogP contribution in [0.2, 0.25) is 0 Å². The van der Waals surface area contributed by atoms with E-state index in [2.05, 4.69) is 4.90 Å². The van der Waals surface area contributed by atoms with Gasteiger partial charge in [-0.3, -0.25) is 14.3 Å². The molecule has 24 heavy (non-hydrogen) atoms. The minimum Gasteiger partial charge on any atom is -0.408 e. The van der Waals surface area contributed by atoms with Crippen LogP contribution in [0.25, 0.3) is 11.1 Å². The van der Waals surface area contributed by atoms with Crippen molar-refractivity contribution in [3.05, 3.63) is 34.8 Å². The molecule has 1 amide bonds. The fraction of sp³-hybridized carbons (Fsp3) is 0.529. The number of carbonyl (C=O) groups excluding carboxylic acids is 1. The fourth-order valence-electron chi connectivity index (χ4n) is 4.60. The number of aromatic nitrogens is 1. The number of likely N-dealkylation sites (tertiary alicyclic amines) is 1. The summed E-state index contributed by atoms with van der Waals surface area (Å²) in [5, 5.41) is 0. The van der Waals surface area contributed by atoms with Crippen LogP contribution in [0.5, 0.6) is 0 Å². The monoisotopic (exact) mass is 329 g/mol. The lowest BCUT2D eigenvalue weighted by molar-refractivity contribution is -0.136. The summed E-state index contributed by atoms with van der Waals surface area (Å²) in [5.74, 6) is -0.139. The zero-order chi connectivity index (χ0) is 16.3. The lowest BCUT2D eigenvalue weighted by Gasteiger charge is -2.31. The first-order chi connectivity index (χ1) is 11.7. The zero-order valence-corrected chi connectivity index (χ0v) is 13.3. The van der Waals surface area contributed by atoms with Gasteiger partial charge in [0, 0.05) is 39.0 Å². The molecule has 1 aromatic heterocycles. The van der Waals surface area contributed by atoms with Gasteiger partial charge < -0.3 is 14.1 Å². The summed E-state index contributed by atoms with van der Waals surface area (Å²) in [7, 11) is 0. The van der Waals surface area contributed by atoms with E-state index in [1.54, 1.807) is 10.6 Å². The molecule has 1 spiro atoms. The molecular weight excluding hydrogens is 310 g/mol. The van der Waals surface area contributed by atoms with Crippen LogP contribution >= 0.6 is 0 Å². The van der Waals surface area contributed by atoms with Crippen LogP contribution in [-0.4, -0.2) is 58.3 Å². The second-order valence-electron chi connectivity index (χ2n) is 6.73. The van der Waals surface area contributed by atoms with Crippen LogP contribution in [0, 0.1) is 0 Å². The number of fused-ring (bicyclic) bond motifs is 1. The van der Waals surface area contributed by atoms with Crippen LogP contribution in [0.1, 0.15) is 12.8 Å². The normalized spacial score (nSPS) is 29.6. The number of carbonyl (C=O) groups is 1. The third-order valence-electron chi connectivity index (χ3n) is 5.70. The SMILES string of the molecule is O=C1C[C@H]2N(CCn3c(=O)oc4ccccc43)CC[C@]23OCCN13. The van der Waals surface area contributed by atoms with Gasteiger partial charge in [0.05, 0.1) is 18.2 Å². The number of hydrogen-bond donors (Lipinski definition) is 0. The molecule has 0 saturated carbocycles. The molecule has 0 unspecified atom stereocenters. The van der Waals surface area contributed by atoms with E-state index in [9.17, 15) is 9.59 Å². The summed E-state index contributed by atoms with van der Waals surface area (Å²) >= 11 is 0. The molecule has 7 heteroatoms. The highest BCUT2D eigenvalue weighted by atomic mass is 16.5. The number of oxazole rings is 1. The van der Waals surface area contributed by atoms with E-state index in [-0.39, 0.29) is 17.7 Å². The average molecular weight is 329 g/mol. The summed E-state index contributed by atoms with van der Waals surface area (Å²) in [6, 6.07) is 7.56. The van der Waals surface area contributed by atoms with Crippen molar-refractivity contribution in [2.45, 2.75) is 31.2 Å². The number of hydrogen-bond acceptors (Lipinski definition) is 5. The Morgan fingerprint density at radius 3 is 2.96 bits per heavy atom. The molecule has 2 aromatic rings. The second-order valence-corrected chi connectivity index (χ2v) is 6.73. The molecule has 4 heterocycles. The Morgan fingerprint density at radius 1 is 1.17 bits per heavy atom. The molecule has 0 bridgehead atoms. The minimum absolute atomic E-state index is 0.0985. The highest BCUT2D eigenvalue weighted by Crippen LogP contribution is 2.45. The molecule has 7 nitrogen and oxygen atoms in total. The molecule has 3 aliphatic heterocycles. The van der Waals surface area contributed by atoms with Crippen molar-refractivity contribution in [3.8, 4) is 0 Å². The summed E-state index contributed by atoms with van der Waals surface area (Å²) in [6.45, 7) is 3.48. The van der Waals surface area contributed by atoms with Gasteiger partial charge in [-0.25, -0.2) is 4.79 Å². The van der Waals surface area contributed by atoms with Crippen molar-refractivity contribution in [3.63, 3.8) is 0 Å². The molecule has 3 saturated heterocycles. The smallest absolute Gasteiger partial charge is 0.408 e. The Kier molecular flexibility index (Phi) is 2.93. The quantitative estimate of drug-likeness (QED) is 0.826. The predicted octanol–water partition coefficient (Wildman–Crippen LogP) is 0.628. The van der Waals surface area contributed by atoms with Gasteiger partial charge in [-0.05, 0) is 12.1 Å². The van der Waals surface area contributed by atoms with E-state index in [4.69, 9.17) is 9.15 Å². The van der Waals surface area contributed by atoms with Crippen molar-refractivity contribution >= 4 is 17.0 Å². The van der Waals surface area contributed by atoms with E-state index >= 15 is 0 Å². The molecule has 1 aromatic carbocycles. The van der Waals surface area contributed by atoms with E-state index < -0.39 is 5.72 Å². The number of nitrogens with zero attached hydrogens (tertiary/aromatic N) is 3. The van der Waals surface area contributed by atoms with Crippen LogP contribution in [0.15, 0.2) is 33.5 Å². The molecular formula is C17H19N3O4. The van der Waals surface area contributed by atoms with Gasteiger partial charge in [0.25, 0.3) is 0 Å². The van der Waals surface area contributed by atoms with Crippen molar-refractivity contribution in [2.75, 3.05) is 26.2 Å². The minimum atomic E-state index is -0.416. The van der Waals surface area contributed by atoms with Crippen molar-refractivity contribution in [2.24, 2.45) is 0 Å². The first-order valence-corrected chi connectivity index (χ1v) is 8.46. The third-order valence-corrected chi connectivity index (χ3v) is 5.70. The Bertz CT molecular complexity index is 872. The second kappa shape index (κ2) is 4.94. The molecule has 0 N–H and O–H groups in total. The molecule has 3 aliphatic rings.